The van der Waals surface area contributed by atoms with Crippen LogP contribution in [0.2, 0.25) is 0 Å². The summed E-state index contributed by atoms with van der Waals surface area (Å²) in [6, 6.07) is 13.7. The highest BCUT2D eigenvalue weighted by atomic mass is 16.5. The Bertz CT molecular complexity index is 958. The van der Waals surface area contributed by atoms with E-state index in [1.807, 2.05) is 0 Å². The molecule has 0 saturated carbocycles. The second kappa shape index (κ2) is 5.92. The number of imide groups is 1. The van der Waals surface area contributed by atoms with Crippen LogP contribution in [-0.4, -0.2) is 47.9 Å². The zero-order valence-electron chi connectivity index (χ0n) is 14.8. The SMILES string of the molecule is COc1ccc2c(c1)C(=O)C(c1ccccc1)(C1C(=O)N(C)C(=O)C1O)N2. The number of methoxy groups -OCH3 is 1. The number of likely N-dealkylation sites (tertiary alicyclic amines) is 1. The second-order valence-corrected chi connectivity index (χ2v) is 6.70. The van der Waals surface area contributed by atoms with Gasteiger partial charge in [-0.15, -0.1) is 0 Å². The quantitative estimate of drug-likeness (QED) is 0.792. The number of aliphatic hydroxyl groups excluding tert-OH is 1. The summed E-state index contributed by atoms with van der Waals surface area (Å²) in [5, 5.41) is 13.7. The molecule has 2 amide bonds. The van der Waals surface area contributed by atoms with Crippen molar-refractivity contribution >= 4 is 23.3 Å². The number of nitrogens with one attached hydrogen (secondary N) is 1. The van der Waals surface area contributed by atoms with Crippen LogP contribution in [0.5, 0.6) is 5.75 Å². The fourth-order valence-corrected chi connectivity index (χ4v) is 3.95. The van der Waals surface area contributed by atoms with Crippen molar-refractivity contribution < 1.29 is 24.2 Å². The molecule has 2 aliphatic rings. The Morgan fingerprint density at radius 1 is 1.07 bits per heavy atom. The third-order valence-electron chi connectivity index (χ3n) is 5.35. The molecule has 7 heteroatoms. The van der Waals surface area contributed by atoms with Crippen molar-refractivity contribution in [3.63, 3.8) is 0 Å². The van der Waals surface area contributed by atoms with Gasteiger partial charge in [0.1, 0.15) is 23.3 Å². The van der Waals surface area contributed by atoms with Crippen LogP contribution >= 0.6 is 0 Å². The number of ether oxygens (including phenoxy) is 1. The molecule has 1 fully saturated rings. The minimum atomic E-state index is -1.62. The van der Waals surface area contributed by atoms with Gasteiger partial charge in [0.15, 0.2) is 5.78 Å². The van der Waals surface area contributed by atoms with E-state index in [9.17, 15) is 19.5 Å². The van der Waals surface area contributed by atoms with Crippen molar-refractivity contribution in [2.45, 2.75) is 11.6 Å². The Balaban J connectivity index is 1.94. The standard InChI is InChI=1S/C20H18N2O5/c1-22-18(25)15(16(23)19(22)26)20(11-6-4-3-5-7-11)17(24)13-10-12(27-2)8-9-14(13)21-20/h3-10,15-16,21,23H,1-2H3. The molecular weight excluding hydrogens is 348 g/mol. The molecule has 0 aromatic heterocycles. The number of anilines is 1. The van der Waals surface area contributed by atoms with E-state index in [1.165, 1.54) is 14.2 Å². The number of hydrogen-bond acceptors (Lipinski definition) is 6. The highest BCUT2D eigenvalue weighted by molar-refractivity contribution is 6.19. The Labute approximate surface area is 155 Å². The van der Waals surface area contributed by atoms with Gasteiger partial charge in [-0.05, 0) is 23.8 Å². The topological polar surface area (TPSA) is 95.9 Å². The lowest BCUT2D eigenvalue weighted by molar-refractivity contribution is -0.139. The number of Topliss-reactive ketones (excluding diaryl/α,β-unsaturated/α-hetero) is 1. The minimum Gasteiger partial charge on any atom is -0.497 e. The first-order chi connectivity index (χ1) is 12.9. The number of amides is 2. The predicted octanol–water partition coefficient (Wildman–Crippen LogP) is 1.17. The maximum Gasteiger partial charge on any atom is 0.258 e. The molecule has 2 N–H and O–H groups in total. The largest absolute Gasteiger partial charge is 0.497 e. The third kappa shape index (κ3) is 2.21. The Morgan fingerprint density at radius 3 is 2.37 bits per heavy atom. The smallest absolute Gasteiger partial charge is 0.258 e. The summed E-state index contributed by atoms with van der Waals surface area (Å²) < 4.78 is 5.20. The van der Waals surface area contributed by atoms with Crippen molar-refractivity contribution in [3.05, 3.63) is 59.7 Å². The first-order valence-electron chi connectivity index (χ1n) is 8.48. The van der Waals surface area contributed by atoms with Gasteiger partial charge in [-0.3, -0.25) is 19.3 Å². The number of carbonyl (C=O) groups excluding carboxylic acids is 3. The van der Waals surface area contributed by atoms with E-state index in [1.54, 1.807) is 48.5 Å². The maximum atomic E-state index is 13.6. The molecular formula is C20H18N2O5. The fourth-order valence-electron chi connectivity index (χ4n) is 3.95. The third-order valence-corrected chi connectivity index (χ3v) is 5.35. The van der Waals surface area contributed by atoms with Crippen molar-refractivity contribution in [3.8, 4) is 5.75 Å². The number of aliphatic hydroxyl groups is 1. The van der Waals surface area contributed by atoms with E-state index in [4.69, 9.17) is 4.74 Å². The molecule has 138 valence electrons. The molecule has 0 aliphatic carbocycles. The monoisotopic (exact) mass is 366 g/mol. The molecule has 27 heavy (non-hydrogen) atoms. The van der Waals surface area contributed by atoms with Gasteiger partial charge in [0, 0.05) is 18.3 Å². The number of carbonyl (C=O) groups is 3. The lowest BCUT2D eigenvalue weighted by atomic mass is 9.73. The molecule has 7 nitrogen and oxygen atoms in total. The second-order valence-electron chi connectivity index (χ2n) is 6.70. The van der Waals surface area contributed by atoms with E-state index < -0.39 is 29.4 Å². The van der Waals surface area contributed by atoms with Crippen molar-refractivity contribution in [1.82, 2.24) is 4.90 Å². The van der Waals surface area contributed by atoms with Crippen LogP contribution < -0.4 is 10.1 Å². The van der Waals surface area contributed by atoms with Crippen molar-refractivity contribution in [1.29, 1.82) is 0 Å². The number of fused-ring (bicyclic) bond motifs is 1. The van der Waals surface area contributed by atoms with E-state index in [0.717, 1.165) is 4.90 Å². The first-order valence-corrected chi connectivity index (χ1v) is 8.48. The highest BCUT2D eigenvalue weighted by Gasteiger charge is 2.63. The van der Waals surface area contributed by atoms with Crippen molar-refractivity contribution in [2.75, 3.05) is 19.5 Å². The number of nitrogens with zero attached hydrogens (tertiary/aromatic N) is 1. The van der Waals surface area contributed by atoms with E-state index >= 15 is 0 Å². The van der Waals surface area contributed by atoms with Crippen LogP contribution in [-0.2, 0) is 15.1 Å². The minimum absolute atomic E-state index is 0.347. The summed E-state index contributed by atoms with van der Waals surface area (Å²) in [4.78, 5) is 39.5. The molecule has 2 aliphatic heterocycles. The molecule has 2 aromatic carbocycles. The number of rotatable bonds is 3. The van der Waals surface area contributed by atoms with Gasteiger partial charge in [0.25, 0.3) is 5.91 Å². The van der Waals surface area contributed by atoms with Gasteiger partial charge in [-0.25, -0.2) is 0 Å². The fraction of sp³-hybridized carbons (Fsp3) is 0.250. The Hall–Kier alpha value is -3.19. The predicted molar refractivity (Wildman–Crippen MR) is 96.3 cm³/mol. The molecule has 0 spiro atoms. The average Bonchev–Trinajstić information content (AvgIpc) is 3.09. The summed E-state index contributed by atoms with van der Waals surface area (Å²) in [6.07, 6.45) is -1.62. The summed E-state index contributed by atoms with van der Waals surface area (Å²) in [7, 11) is 2.80. The van der Waals surface area contributed by atoms with Crippen LogP contribution in [0.15, 0.2) is 48.5 Å². The maximum absolute atomic E-state index is 13.6. The summed E-state index contributed by atoms with van der Waals surface area (Å²) in [5.41, 5.74) is -0.204. The average molecular weight is 366 g/mol. The van der Waals surface area contributed by atoms with Gasteiger partial charge >= 0.3 is 0 Å². The van der Waals surface area contributed by atoms with Crippen LogP contribution in [0.3, 0.4) is 0 Å². The van der Waals surface area contributed by atoms with Gasteiger partial charge < -0.3 is 15.2 Å². The van der Waals surface area contributed by atoms with Gasteiger partial charge in [0.05, 0.1) is 7.11 Å². The number of ketones is 1. The lowest BCUT2D eigenvalue weighted by Crippen LogP contribution is -2.52. The number of likely N-dealkylation sites (N-methyl/N-ethyl adjacent to an activating group) is 1. The molecule has 3 atom stereocenters. The summed E-state index contributed by atoms with van der Waals surface area (Å²) in [5.74, 6) is -2.48. The number of hydrogen-bond donors (Lipinski definition) is 2. The van der Waals surface area contributed by atoms with E-state index in [0.29, 0.717) is 22.6 Å². The van der Waals surface area contributed by atoms with E-state index in [2.05, 4.69) is 5.32 Å². The van der Waals surface area contributed by atoms with E-state index in [-0.39, 0.29) is 5.78 Å². The van der Waals surface area contributed by atoms with Crippen LogP contribution in [0, 0.1) is 5.92 Å². The zero-order valence-corrected chi connectivity index (χ0v) is 14.8. The first kappa shape index (κ1) is 17.2. The lowest BCUT2D eigenvalue weighted by Gasteiger charge is -2.34. The van der Waals surface area contributed by atoms with Gasteiger partial charge in [-0.1, -0.05) is 30.3 Å². The summed E-state index contributed by atoms with van der Waals surface area (Å²) in [6.45, 7) is 0. The Kier molecular flexibility index (Phi) is 3.78. The zero-order chi connectivity index (χ0) is 19.3. The number of benzene rings is 2. The molecule has 0 bridgehead atoms. The van der Waals surface area contributed by atoms with Crippen LogP contribution in [0.4, 0.5) is 5.69 Å². The molecule has 4 rings (SSSR count). The molecule has 0 radical (unpaired) electrons. The summed E-state index contributed by atoms with van der Waals surface area (Å²) >= 11 is 0. The van der Waals surface area contributed by atoms with Gasteiger partial charge in [0.2, 0.25) is 5.91 Å². The molecule has 2 aromatic rings. The van der Waals surface area contributed by atoms with Crippen LogP contribution in [0.25, 0.3) is 0 Å². The highest BCUT2D eigenvalue weighted by Crippen LogP contribution is 2.48. The molecule has 1 saturated heterocycles. The van der Waals surface area contributed by atoms with Gasteiger partial charge in [-0.2, -0.15) is 0 Å². The van der Waals surface area contributed by atoms with Crippen LogP contribution in [0.1, 0.15) is 15.9 Å². The van der Waals surface area contributed by atoms with Crippen molar-refractivity contribution in [2.24, 2.45) is 5.92 Å². The Morgan fingerprint density at radius 2 is 1.78 bits per heavy atom. The molecule has 3 unspecified atom stereocenters. The normalized spacial score (nSPS) is 26.9. The molecule has 2 heterocycles.